The van der Waals surface area contributed by atoms with Crippen molar-refractivity contribution in [2.45, 2.75) is 70.4 Å². The van der Waals surface area contributed by atoms with Gasteiger partial charge < -0.3 is 29.4 Å². The molecule has 0 saturated carbocycles. The van der Waals surface area contributed by atoms with Gasteiger partial charge in [0, 0.05) is 57.5 Å². The molecule has 1 amide bonds. The van der Waals surface area contributed by atoms with Crippen molar-refractivity contribution in [3.05, 3.63) is 64.6 Å². The molecule has 2 atom stereocenters. The second kappa shape index (κ2) is 14.3. The Morgan fingerprint density at radius 3 is 2.67 bits per heavy atom. The van der Waals surface area contributed by atoms with E-state index in [1.807, 2.05) is 4.90 Å². The molecular formula is C32H41F3N6O4. The van der Waals surface area contributed by atoms with Crippen molar-refractivity contribution in [1.82, 2.24) is 20.2 Å². The number of rotatable bonds is 9. The molecule has 1 aromatic heterocycles. The van der Waals surface area contributed by atoms with E-state index in [1.54, 1.807) is 31.9 Å². The van der Waals surface area contributed by atoms with Crippen LogP contribution in [0.5, 0.6) is 0 Å². The quantitative estimate of drug-likeness (QED) is 0.324. The third-order valence-electron chi connectivity index (χ3n) is 8.72. The van der Waals surface area contributed by atoms with Gasteiger partial charge in [-0.05, 0) is 68.9 Å². The fourth-order valence-electron chi connectivity index (χ4n) is 6.19. The van der Waals surface area contributed by atoms with Crippen LogP contribution in [0.25, 0.3) is 0 Å². The number of alkyl halides is 3. The molecule has 4 heterocycles. The number of halogens is 3. The van der Waals surface area contributed by atoms with Gasteiger partial charge >= 0.3 is 6.18 Å². The molecule has 0 aliphatic carbocycles. The Hall–Kier alpha value is -3.55. The number of aromatic nitrogens is 2. The van der Waals surface area contributed by atoms with E-state index in [2.05, 4.69) is 22.0 Å². The number of nitrogens with one attached hydrogen (secondary N) is 1. The highest BCUT2D eigenvalue weighted by molar-refractivity contribution is 6.06. The first-order valence-corrected chi connectivity index (χ1v) is 15.4. The third kappa shape index (κ3) is 7.47. The number of nitrogens with zero attached hydrogens (tertiary/aromatic N) is 5. The van der Waals surface area contributed by atoms with Gasteiger partial charge in [-0.2, -0.15) is 13.2 Å². The zero-order valence-corrected chi connectivity index (χ0v) is 26.0. The first-order chi connectivity index (χ1) is 21.6. The molecule has 2 fully saturated rings. The average molecular weight is 631 g/mol. The number of carbonyl (C=O) groups is 1. The molecule has 1 aromatic carbocycles. The predicted octanol–water partition coefficient (Wildman–Crippen LogP) is 4.29. The van der Waals surface area contributed by atoms with Gasteiger partial charge in [-0.15, -0.1) is 0 Å². The lowest BCUT2D eigenvalue weighted by molar-refractivity contribution is -0.137. The molecule has 45 heavy (non-hydrogen) atoms. The van der Waals surface area contributed by atoms with Crippen LogP contribution in [-0.2, 0) is 33.5 Å². The highest BCUT2D eigenvalue weighted by Gasteiger charge is 2.34. The van der Waals surface area contributed by atoms with Crippen molar-refractivity contribution >= 4 is 17.4 Å². The maximum atomic E-state index is 14.0. The Morgan fingerprint density at radius 1 is 1.20 bits per heavy atom. The molecule has 2 aromatic rings. The molecular weight excluding hydrogens is 589 g/mol. The van der Waals surface area contributed by atoms with E-state index >= 15 is 0 Å². The number of hydrogen-bond donors (Lipinski definition) is 1. The largest absolute Gasteiger partial charge is 0.416 e. The molecule has 0 spiro atoms. The second-order valence-corrected chi connectivity index (χ2v) is 11.6. The summed E-state index contributed by atoms with van der Waals surface area (Å²) >= 11 is 0. The Bertz CT molecular complexity index is 1410. The third-order valence-corrected chi connectivity index (χ3v) is 8.72. The number of methoxy groups -OCH3 is 1. The van der Waals surface area contributed by atoms with E-state index in [-0.39, 0.29) is 47.9 Å². The normalized spacial score (nSPS) is 21.4. The summed E-state index contributed by atoms with van der Waals surface area (Å²) in [5.74, 6) is 0.409. The van der Waals surface area contributed by atoms with Crippen LogP contribution in [0.2, 0.25) is 0 Å². The summed E-state index contributed by atoms with van der Waals surface area (Å²) in [5.41, 5.74) is 1.79. The molecule has 10 nitrogen and oxygen atoms in total. The molecule has 2 saturated heterocycles. The summed E-state index contributed by atoms with van der Waals surface area (Å²) in [5, 5.41) is 7.80. The molecule has 244 valence electrons. The van der Waals surface area contributed by atoms with Gasteiger partial charge in [0.2, 0.25) is 0 Å². The van der Waals surface area contributed by atoms with Crippen LogP contribution in [0.4, 0.5) is 19.0 Å². The van der Waals surface area contributed by atoms with Crippen molar-refractivity contribution in [1.29, 1.82) is 0 Å². The van der Waals surface area contributed by atoms with E-state index in [1.165, 1.54) is 12.1 Å². The van der Waals surface area contributed by atoms with Crippen LogP contribution in [-0.4, -0.2) is 91.2 Å². The van der Waals surface area contributed by atoms with Gasteiger partial charge in [0.05, 0.1) is 18.3 Å². The molecule has 0 unspecified atom stereocenters. The van der Waals surface area contributed by atoms with Crippen molar-refractivity contribution in [2.24, 2.45) is 5.16 Å². The van der Waals surface area contributed by atoms with Gasteiger partial charge in [0.1, 0.15) is 23.8 Å². The Kier molecular flexibility index (Phi) is 10.4. The van der Waals surface area contributed by atoms with Gasteiger partial charge in [-0.25, -0.2) is 9.97 Å². The minimum atomic E-state index is -4.44. The maximum Gasteiger partial charge on any atom is 0.416 e. The fraction of sp³-hybridized carbons (Fsp3) is 0.562. The molecule has 0 bridgehead atoms. The summed E-state index contributed by atoms with van der Waals surface area (Å²) in [6.45, 7) is 10.8. The summed E-state index contributed by atoms with van der Waals surface area (Å²) in [7, 11) is 1.70. The van der Waals surface area contributed by atoms with Crippen molar-refractivity contribution < 1.29 is 32.3 Å². The van der Waals surface area contributed by atoms with E-state index < -0.39 is 11.7 Å². The Morgan fingerprint density at radius 2 is 1.98 bits per heavy atom. The number of amides is 1. The van der Waals surface area contributed by atoms with Crippen LogP contribution in [0.15, 0.2) is 36.0 Å². The SMILES string of the molecule is C=C/C(=N\OCC)c1nc(C(=O)N2CCC(N[C@H]3CCOC[C@H]3OC)CC2)c(C)c(N2CCc3ccc(C(F)(F)F)cc3C2)n1. The van der Waals surface area contributed by atoms with Crippen molar-refractivity contribution in [3.8, 4) is 0 Å². The lowest BCUT2D eigenvalue weighted by Crippen LogP contribution is -2.54. The number of hydrogen-bond acceptors (Lipinski definition) is 9. The smallest absolute Gasteiger partial charge is 0.396 e. The predicted molar refractivity (Wildman–Crippen MR) is 163 cm³/mol. The molecule has 13 heteroatoms. The van der Waals surface area contributed by atoms with Gasteiger partial charge in [-0.1, -0.05) is 17.8 Å². The lowest BCUT2D eigenvalue weighted by atomic mass is 9.96. The van der Waals surface area contributed by atoms with Crippen LogP contribution < -0.4 is 10.2 Å². The second-order valence-electron chi connectivity index (χ2n) is 11.6. The number of allylic oxidation sites excluding steroid dienone is 1. The standard InChI is InChI=1S/C32H41F3N6O4/c1-5-25(39-45-6-2)29-37-28(31(42)40-14-10-24(11-15-40)36-26-12-16-44-19-27(26)43-4)20(3)30(38-29)41-13-9-21-7-8-23(32(33,34)35)17-22(21)18-41/h5,7-8,17,24,26-27,36H,1,6,9-16,18-19H2,2-4H3/b39-25+/t26-,27+/m0/s1. The summed E-state index contributed by atoms with van der Waals surface area (Å²) < 4.78 is 51.6. The highest BCUT2D eigenvalue weighted by atomic mass is 19.4. The van der Waals surface area contributed by atoms with Crippen LogP contribution in [0.3, 0.4) is 0 Å². The van der Waals surface area contributed by atoms with Crippen LogP contribution >= 0.6 is 0 Å². The van der Waals surface area contributed by atoms with Crippen LogP contribution in [0.1, 0.15) is 64.8 Å². The molecule has 0 radical (unpaired) electrons. The number of piperidine rings is 1. The average Bonchev–Trinajstić information content (AvgIpc) is 3.05. The number of anilines is 1. The highest BCUT2D eigenvalue weighted by Crippen LogP contribution is 2.34. The summed E-state index contributed by atoms with van der Waals surface area (Å²) in [4.78, 5) is 32.4. The number of ether oxygens (including phenoxy) is 2. The number of benzene rings is 1. The number of fused-ring (bicyclic) bond motifs is 1. The monoisotopic (exact) mass is 630 g/mol. The van der Waals surface area contributed by atoms with Crippen molar-refractivity contribution in [2.75, 3.05) is 51.5 Å². The number of likely N-dealkylation sites (tertiary alicyclic amines) is 1. The van der Waals surface area contributed by atoms with E-state index in [9.17, 15) is 18.0 Å². The summed E-state index contributed by atoms with van der Waals surface area (Å²) in [6.07, 6.45) is -0.0263. The minimum absolute atomic E-state index is 0.00173. The van der Waals surface area contributed by atoms with E-state index in [0.29, 0.717) is 62.8 Å². The van der Waals surface area contributed by atoms with Crippen molar-refractivity contribution in [3.63, 3.8) is 0 Å². The van der Waals surface area contributed by atoms with Gasteiger partial charge in [0.15, 0.2) is 5.82 Å². The minimum Gasteiger partial charge on any atom is -0.396 e. The van der Waals surface area contributed by atoms with Gasteiger partial charge in [0.25, 0.3) is 5.91 Å². The molecule has 3 aliphatic heterocycles. The Balaban J connectivity index is 1.40. The van der Waals surface area contributed by atoms with Gasteiger partial charge in [-0.3, -0.25) is 4.79 Å². The van der Waals surface area contributed by atoms with Crippen LogP contribution in [0, 0.1) is 6.92 Å². The fourth-order valence-corrected chi connectivity index (χ4v) is 6.19. The van der Waals surface area contributed by atoms with E-state index in [4.69, 9.17) is 19.3 Å². The molecule has 5 rings (SSSR count). The maximum absolute atomic E-state index is 14.0. The number of oxime groups is 1. The van der Waals surface area contributed by atoms with E-state index in [0.717, 1.165) is 30.9 Å². The zero-order chi connectivity index (χ0) is 32.1. The lowest BCUT2D eigenvalue weighted by Gasteiger charge is -2.38. The molecule has 1 N–H and O–H groups in total. The first-order valence-electron chi connectivity index (χ1n) is 15.4. The first kappa shape index (κ1) is 32.8. The zero-order valence-electron chi connectivity index (χ0n) is 26.0. The number of carbonyl (C=O) groups excluding carboxylic acids is 1. The topological polar surface area (TPSA) is 101 Å². The summed E-state index contributed by atoms with van der Waals surface area (Å²) in [6, 6.07) is 4.31. The molecule has 3 aliphatic rings. The Labute approximate surface area is 261 Å².